The van der Waals surface area contributed by atoms with Crippen LogP contribution in [0, 0.1) is 13.8 Å². The van der Waals surface area contributed by atoms with Gasteiger partial charge in [0.25, 0.3) is 0 Å². The first kappa shape index (κ1) is 14.9. The van der Waals surface area contributed by atoms with E-state index in [9.17, 15) is 0 Å². The molecule has 106 valence electrons. The van der Waals surface area contributed by atoms with Crippen LogP contribution in [0.1, 0.15) is 36.3 Å². The number of ether oxygens (including phenoxy) is 1. The van der Waals surface area contributed by atoms with Crippen molar-refractivity contribution in [2.24, 2.45) is 0 Å². The summed E-state index contributed by atoms with van der Waals surface area (Å²) >= 11 is 3.39. The second-order valence-electron chi connectivity index (χ2n) is 4.87. The molecule has 4 nitrogen and oxygen atoms in total. The smallest absolute Gasteiger partial charge is 0.231 e. The minimum atomic E-state index is 0.359. The molecule has 0 aliphatic rings. The van der Waals surface area contributed by atoms with Crippen LogP contribution in [-0.4, -0.2) is 21.6 Å². The molecule has 2 heterocycles. The van der Waals surface area contributed by atoms with Crippen LogP contribution < -0.4 is 4.74 Å². The van der Waals surface area contributed by atoms with Gasteiger partial charge in [0, 0.05) is 24.0 Å². The van der Waals surface area contributed by atoms with Gasteiger partial charge in [-0.2, -0.15) is 4.98 Å². The normalized spacial score (nSPS) is 12.2. The van der Waals surface area contributed by atoms with Crippen LogP contribution in [0.5, 0.6) is 5.88 Å². The summed E-state index contributed by atoms with van der Waals surface area (Å²) in [4.78, 5) is 12.8. The molecule has 0 spiro atoms. The molecule has 0 saturated carbocycles. The Bertz CT molecular complexity index is 572. The van der Waals surface area contributed by atoms with Gasteiger partial charge in [-0.3, -0.25) is 4.98 Å². The first-order chi connectivity index (χ1) is 9.56. The fourth-order valence-corrected chi connectivity index (χ4v) is 2.09. The van der Waals surface area contributed by atoms with Crippen molar-refractivity contribution in [1.82, 2.24) is 15.0 Å². The Balaban J connectivity index is 1.89. The molecule has 0 aliphatic carbocycles. The van der Waals surface area contributed by atoms with E-state index in [1.165, 1.54) is 5.56 Å². The van der Waals surface area contributed by atoms with E-state index in [1.807, 2.05) is 20.0 Å². The Morgan fingerprint density at radius 3 is 2.70 bits per heavy atom. The van der Waals surface area contributed by atoms with Crippen molar-refractivity contribution < 1.29 is 4.74 Å². The van der Waals surface area contributed by atoms with Crippen molar-refractivity contribution in [2.75, 3.05) is 6.61 Å². The maximum absolute atomic E-state index is 5.71. The Hall–Kier alpha value is -1.49. The molecule has 0 fully saturated rings. The number of rotatable bonds is 5. The number of hydrogen-bond donors (Lipinski definition) is 0. The zero-order valence-corrected chi connectivity index (χ0v) is 13.5. The molecule has 0 aromatic carbocycles. The topological polar surface area (TPSA) is 47.9 Å². The van der Waals surface area contributed by atoms with Gasteiger partial charge >= 0.3 is 0 Å². The fraction of sp³-hybridized carbons (Fsp3) is 0.400. The first-order valence-electron chi connectivity index (χ1n) is 6.60. The summed E-state index contributed by atoms with van der Waals surface area (Å²) < 4.78 is 6.49. The second kappa shape index (κ2) is 6.79. The lowest BCUT2D eigenvalue weighted by Crippen LogP contribution is -2.06. The van der Waals surface area contributed by atoms with Gasteiger partial charge in [-0.05, 0) is 47.8 Å². The van der Waals surface area contributed by atoms with Crippen molar-refractivity contribution in [3.8, 4) is 5.88 Å². The van der Waals surface area contributed by atoms with Gasteiger partial charge in [-0.1, -0.05) is 13.0 Å². The summed E-state index contributed by atoms with van der Waals surface area (Å²) in [6, 6.07) is 4.16. The molecule has 0 unspecified atom stereocenters. The highest BCUT2D eigenvalue weighted by atomic mass is 79.9. The molecular formula is C15H18BrN3O. The minimum absolute atomic E-state index is 0.359. The van der Waals surface area contributed by atoms with Crippen molar-refractivity contribution in [3.05, 3.63) is 46.1 Å². The first-order valence-corrected chi connectivity index (χ1v) is 7.40. The quantitative estimate of drug-likeness (QED) is 0.833. The molecule has 0 bridgehead atoms. The van der Waals surface area contributed by atoms with E-state index < -0.39 is 0 Å². The zero-order chi connectivity index (χ0) is 14.5. The molecule has 20 heavy (non-hydrogen) atoms. The van der Waals surface area contributed by atoms with Gasteiger partial charge in [0.1, 0.15) is 5.82 Å². The zero-order valence-electron chi connectivity index (χ0n) is 11.9. The van der Waals surface area contributed by atoms with E-state index in [2.05, 4.69) is 49.9 Å². The number of hydrogen-bond acceptors (Lipinski definition) is 4. The fourth-order valence-electron chi connectivity index (χ4n) is 1.79. The third-order valence-corrected chi connectivity index (χ3v) is 3.61. The number of aryl methyl sites for hydroxylation is 2. The summed E-state index contributed by atoms with van der Waals surface area (Å²) in [6.45, 7) is 6.64. The Labute approximate surface area is 127 Å². The second-order valence-corrected chi connectivity index (χ2v) is 5.72. The highest BCUT2D eigenvalue weighted by Gasteiger charge is 2.09. The highest BCUT2D eigenvalue weighted by molar-refractivity contribution is 9.10. The summed E-state index contributed by atoms with van der Waals surface area (Å²) in [5.74, 6) is 1.66. The van der Waals surface area contributed by atoms with Gasteiger partial charge in [0.05, 0.1) is 11.1 Å². The molecule has 2 rings (SSSR count). The Morgan fingerprint density at radius 1 is 1.20 bits per heavy atom. The molecule has 2 aromatic rings. The van der Waals surface area contributed by atoms with Crippen LogP contribution in [0.25, 0.3) is 0 Å². The summed E-state index contributed by atoms with van der Waals surface area (Å²) in [5.41, 5.74) is 2.27. The van der Waals surface area contributed by atoms with Crippen LogP contribution >= 0.6 is 15.9 Å². The van der Waals surface area contributed by atoms with E-state index in [0.717, 1.165) is 16.6 Å². The van der Waals surface area contributed by atoms with E-state index in [0.29, 0.717) is 24.2 Å². The van der Waals surface area contributed by atoms with E-state index >= 15 is 0 Å². The van der Waals surface area contributed by atoms with Gasteiger partial charge < -0.3 is 4.74 Å². The number of halogens is 1. The molecule has 0 N–H and O–H groups in total. The van der Waals surface area contributed by atoms with E-state index in [-0.39, 0.29) is 0 Å². The minimum Gasteiger partial charge on any atom is -0.477 e. The standard InChI is InChI=1S/C15H18BrN3O/c1-10-4-5-14(18-8-10)11(2)6-7-20-15-13(16)9-17-12(3)19-15/h4-5,8-9,11H,6-7H2,1-3H3/t11-/m1/s1. The average Bonchev–Trinajstić information content (AvgIpc) is 2.43. The third kappa shape index (κ3) is 4.00. The molecule has 0 radical (unpaired) electrons. The van der Waals surface area contributed by atoms with Gasteiger partial charge in [-0.15, -0.1) is 0 Å². The van der Waals surface area contributed by atoms with Gasteiger partial charge in [-0.25, -0.2) is 4.98 Å². The third-order valence-electron chi connectivity index (χ3n) is 3.06. The maximum atomic E-state index is 5.71. The molecule has 0 saturated heterocycles. The molecular weight excluding hydrogens is 318 g/mol. The van der Waals surface area contributed by atoms with Crippen molar-refractivity contribution in [3.63, 3.8) is 0 Å². The van der Waals surface area contributed by atoms with Crippen LogP contribution in [0.2, 0.25) is 0 Å². The summed E-state index contributed by atoms with van der Waals surface area (Å²) in [5, 5.41) is 0. The lowest BCUT2D eigenvalue weighted by Gasteiger charge is -2.12. The number of aromatic nitrogens is 3. The van der Waals surface area contributed by atoms with Crippen LogP contribution in [0.4, 0.5) is 0 Å². The highest BCUT2D eigenvalue weighted by Crippen LogP contribution is 2.22. The van der Waals surface area contributed by atoms with Crippen molar-refractivity contribution in [1.29, 1.82) is 0 Å². The Kier molecular flexibility index (Phi) is 5.06. The molecule has 0 amide bonds. The predicted molar refractivity (Wildman–Crippen MR) is 82.0 cm³/mol. The van der Waals surface area contributed by atoms with Gasteiger partial charge in [0.15, 0.2) is 0 Å². The predicted octanol–water partition coefficient (Wildman–Crippen LogP) is 3.82. The summed E-state index contributed by atoms with van der Waals surface area (Å²) in [7, 11) is 0. The Morgan fingerprint density at radius 2 is 2.00 bits per heavy atom. The van der Waals surface area contributed by atoms with E-state index in [1.54, 1.807) is 6.20 Å². The number of nitrogens with zero attached hydrogens (tertiary/aromatic N) is 3. The van der Waals surface area contributed by atoms with E-state index in [4.69, 9.17) is 4.74 Å². The average molecular weight is 336 g/mol. The molecule has 1 atom stereocenters. The van der Waals surface area contributed by atoms with Crippen LogP contribution in [0.15, 0.2) is 29.0 Å². The molecule has 2 aromatic heterocycles. The lowest BCUT2D eigenvalue weighted by molar-refractivity contribution is 0.286. The van der Waals surface area contributed by atoms with Crippen LogP contribution in [-0.2, 0) is 0 Å². The summed E-state index contributed by atoms with van der Waals surface area (Å²) in [6.07, 6.45) is 4.51. The SMILES string of the molecule is Cc1ccc([C@H](C)CCOc2nc(C)ncc2Br)nc1. The molecule has 5 heteroatoms. The van der Waals surface area contributed by atoms with Crippen molar-refractivity contribution >= 4 is 15.9 Å². The van der Waals surface area contributed by atoms with Gasteiger partial charge in [0.2, 0.25) is 5.88 Å². The van der Waals surface area contributed by atoms with Crippen molar-refractivity contribution in [2.45, 2.75) is 33.1 Å². The molecule has 0 aliphatic heterocycles. The number of pyridine rings is 1. The lowest BCUT2D eigenvalue weighted by atomic mass is 10.0. The maximum Gasteiger partial charge on any atom is 0.231 e. The monoisotopic (exact) mass is 335 g/mol. The van der Waals surface area contributed by atoms with Crippen LogP contribution in [0.3, 0.4) is 0 Å². The largest absolute Gasteiger partial charge is 0.477 e.